The first-order valence-electron chi connectivity index (χ1n) is 7.07. The Hall–Kier alpha value is -0.370. The molecule has 2 heteroatoms. The van der Waals surface area contributed by atoms with Crippen LogP contribution in [0.5, 0.6) is 0 Å². The molecule has 3 unspecified atom stereocenters. The van der Waals surface area contributed by atoms with Crippen molar-refractivity contribution in [3.8, 4) is 0 Å². The summed E-state index contributed by atoms with van der Waals surface area (Å²) in [6.45, 7) is 7.12. The maximum absolute atomic E-state index is 12.2. The molecule has 96 valence electrons. The molecule has 5 atom stereocenters. The number of carbonyl (C=O) groups excluding carboxylic acids is 1. The molecular weight excluding hydrogens is 212 g/mol. The van der Waals surface area contributed by atoms with Crippen LogP contribution < -0.4 is 0 Å². The highest BCUT2D eigenvalue weighted by molar-refractivity contribution is 5.85. The number of Topliss-reactive ketones (excluding diaryl/α,β-unsaturated/α-hetero) is 1. The van der Waals surface area contributed by atoms with Crippen LogP contribution in [-0.4, -0.2) is 17.5 Å². The zero-order valence-electron chi connectivity index (χ0n) is 11.2. The molecule has 0 aromatic carbocycles. The first-order chi connectivity index (χ1) is 7.93. The second kappa shape index (κ2) is 3.34. The van der Waals surface area contributed by atoms with Gasteiger partial charge >= 0.3 is 0 Å². The van der Waals surface area contributed by atoms with Gasteiger partial charge in [0, 0.05) is 12.3 Å². The number of hydrogen-bond acceptors (Lipinski definition) is 2. The Morgan fingerprint density at radius 2 is 2.00 bits per heavy atom. The third-order valence-electron chi connectivity index (χ3n) is 6.41. The zero-order valence-corrected chi connectivity index (χ0v) is 11.2. The van der Waals surface area contributed by atoms with E-state index in [2.05, 4.69) is 20.8 Å². The van der Waals surface area contributed by atoms with Gasteiger partial charge in [-0.15, -0.1) is 0 Å². The van der Waals surface area contributed by atoms with Gasteiger partial charge in [0.05, 0.1) is 6.61 Å². The van der Waals surface area contributed by atoms with Crippen LogP contribution in [0.1, 0.15) is 46.5 Å². The Labute approximate surface area is 104 Å². The van der Waals surface area contributed by atoms with E-state index in [1.54, 1.807) is 0 Å². The lowest BCUT2D eigenvalue weighted by molar-refractivity contribution is -0.125. The summed E-state index contributed by atoms with van der Waals surface area (Å²) < 4.78 is 0. The fourth-order valence-corrected chi connectivity index (χ4v) is 5.79. The summed E-state index contributed by atoms with van der Waals surface area (Å²) in [5.41, 5.74) is 0.502. The van der Waals surface area contributed by atoms with Crippen LogP contribution in [0.25, 0.3) is 0 Å². The van der Waals surface area contributed by atoms with Gasteiger partial charge < -0.3 is 5.11 Å². The fraction of sp³-hybridized carbons (Fsp3) is 0.933. The molecule has 3 fully saturated rings. The summed E-state index contributed by atoms with van der Waals surface area (Å²) in [5.74, 6) is 2.15. The molecule has 3 rings (SSSR count). The van der Waals surface area contributed by atoms with Crippen molar-refractivity contribution < 1.29 is 9.90 Å². The summed E-state index contributed by atoms with van der Waals surface area (Å²) in [4.78, 5) is 12.2. The third-order valence-corrected chi connectivity index (χ3v) is 6.41. The van der Waals surface area contributed by atoms with Crippen LogP contribution in [0.3, 0.4) is 0 Å². The van der Waals surface area contributed by atoms with E-state index in [0.717, 1.165) is 12.8 Å². The van der Waals surface area contributed by atoms with Crippen LogP contribution in [0.4, 0.5) is 0 Å². The van der Waals surface area contributed by atoms with Gasteiger partial charge in [-0.3, -0.25) is 4.79 Å². The molecule has 0 aliphatic heterocycles. The minimum absolute atomic E-state index is 0.0629. The SMILES string of the molecule is CC1CCC2C3CC(=O)[C@H](CO)[C@@]13CC2(C)C. The van der Waals surface area contributed by atoms with Gasteiger partial charge in [0.15, 0.2) is 0 Å². The van der Waals surface area contributed by atoms with Crippen molar-refractivity contribution >= 4 is 5.78 Å². The topological polar surface area (TPSA) is 37.3 Å². The summed E-state index contributed by atoms with van der Waals surface area (Å²) in [5, 5.41) is 9.66. The average Bonchev–Trinajstić information content (AvgIpc) is 2.58. The number of carbonyl (C=O) groups is 1. The molecule has 0 aromatic heterocycles. The van der Waals surface area contributed by atoms with Gasteiger partial charge in [0.2, 0.25) is 0 Å². The van der Waals surface area contributed by atoms with Gasteiger partial charge in [-0.2, -0.15) is 0 Å². The molecule has 0 saturated heterocycles. The Morgan fingerprint density at radius 3 is 2.65 bits per heavy atom. The van der Waals surface area contributed by atoms with Crippen molar-refractivity contribution in [1.29, 1.82) is 0 Å². The molecule has 3 aliphatic carbocycles. The number of aliphatic hydroxyl groups excluding tert-OH is 1. The van der Waals surface area contributed by atoms with Gasteiger partial charge in [-0.25, -0.2) is 0 Å². The summed E-state index contributed by atoms with van der Waals surface area (Å²) in [6.07, 6.45) is 4.41. The number of ketones is 1. The predicted molar refractivity (Wildman–Crippen MR) is 66.4 cm³/mol. The van der Waals surface area contributed by atoms with E-state index in [0.29, 0.717) is 29.0 Å². The number of rotatable bonds is 1. The quantitative estimate of drug-likeness (QED) is 0.760. The Balaban J connectivity index is 2.10. The summed E-state index contributed by atoms with van der Waals surface area (Å²) >= 11 is 0. The largest absolute Gasteiger partial charge is 0.396 e. The molecular formula is C15H24O2. The Morgan fingerprint density at radius 1 is 1.29 bits per heavy atom. The normalized spacial score (nSPS) is 51.6. The smallest absolute Gasteiger partial charge is 0.139 e. The zero-order chi connectivity index (χ0) is 12.4. The van der Waals surface area contributed by atoms with Gasteiger partial charge in [-0.05, 0) is 47.8 Å². The summed E-state index contributed by atoms with van der Waals surface area (Å²) in [6, 6.07) is 0. The van der Waals surface area contributed by atoms with E-state index < -0.39 is 0 Å². The van der Waals surface area contributed by atoms with Gasteiger partial charge in [0.1, 0.15) is 5.78 Å². The predicted octanol–water partition coefficient (Wildman–Crippen LogP) is 2.65. The second-order valence-electron chi connectivity index (χ2n) is 7.37. The van der Waals surface area contributed by atoms with Gasteiger partial charge in [-0.1, -0.05) is 20.8 Å². The Kier molecular flexibility index (Phi) is 2.30. The molecule has 17 heavy (non-hydrogen) atoms. The highest BCUT2D eigenvalue weighted by Crippen LogP contribution is 2.71. The highest BCUT2D eigenvalue weighted by Gasteiger charge is 2.68. The van der Waals surface area contributed by atoms with E-state index in [1.165, 1.54) is 12.8 Å². The van der Waals surface area contributed by atoms with Crippen molar-refractivity contribution in [3.63, 3.8) is 0 Å². The third kappa shape index (κ3) is 1.23. The van der Waals surface area contributed by atoms with E-state index in [4.69, 9.17) is 0 Å². The van der Waals surface area contributed by atoms with E-state index in [1.807, 2.05) is 0 Å². The van der Waals surface area contributed by atoms with Crippen molar-refractivity contribution in [3.05, 3.63) is 0 Å². The van der Waals surface area contributed by atoms with Crippen molar-refractivity contribution in [1.82, 2.24) is 0 Å². The van der Waals surface area contributed by atoms with Crippen LogP contribution in [0.2, 0.25) is 0 Å². The van der Waals surface area contributed by atoms with Crippen LogP contribution in [-0.2, 0) is 4.79 Å². The second-order valence-corrected chi connectivity index (χ2v) is 7.37. The van der Waals surface area contributed by atoms with Crippen LogP contribution in [0.15, 0.2) is 0 Å². The lowest BCUT2D eigenvalue weighted by Gasteiger charge is -2.44. The first kappa shape index (κ1) is 11.7. The minimum Gasteiger partial charge on any atom is -0.396 e. The molecule has 2 bridgehead atoms. The fourth-order valence-electron chi connectivity index (χ4n) is 5.79. The van der Waals surface area contributed by atoms with E-state index >= 15 is 0 Å². The molecule has 0 heterocycles. The highest BCUT2D eigenvalue weighted by atomic mass is 16.3. The average molecular weight is 236 g/mol. The Bertz CT molecular complexity index is 360. The van der Waals surface area contributed by atoms with E-state index in [-0.39, 0.29) is 17.9 Å². The molecule has 2 nitrogen and oxygen atoms in total. The molecule has 1 N–H and O–H groups in total. The number of aliphatic hydroxyl groups is 1. The lowest BCUT2D eigenvalue weighted by Crippen LogP contribution is -2.41. The molecule has 0 amide bonds. The maximum atomic E-state index is 12.2. The van der Waals surface area contributed by atoms with Crippen LogP contribution >= 0.6 is 0 Å². The first-order valence-corrected chi connectivity index (χ1v) is 7.07. The maximum Gasteiger partial charge on any atom is 0.139 e. The molecule has 0 spiro atoms. The molecule has 0 aromatic rings. The molecule has 3 saturated carbocycles. The van der Waals surface area contributed by atoms with Crippen LogP contribution in [0, 0.1) is 34.5 Å². The van der Waals surface area contributed by atoms with Crippen molar-refractivity contribution in [2.45, 2.75) is 46.5 Å². The monoisotopic (exact) mass is 236 g/mol. The molecule has 0 radical (unpaired) electrons. The summed E-state index contributed by atoms with van der Waals surface area (Å²) in [7, 11) is 0. The van der Waals surface area contributed by atoms with E-state index in [9.17, 15) is 9.90 Å². The lowest BCUT2D eigenvalue weighted by atomic mass is 9.60. The number of hydrogen-bond donors (Lipinski definition) is 1. The molecule has 3 aliphatic rings. The van der Waals surface area contributed by atoms with Crippen molar-refractivity contribution in [2.75, 3.05) is 6.61 Å². The van der Waals surface area contributed by atoms with Crippen molar-refractivity contribution in [2.24, 2.45) is 34.5 Å². The minimum atomic E-state index is -0.0629. The van der Waals surface area contributed by atoms with Gasteiger partial charge in [0.25, 0.3) is 0 Å². The standard InChI is InChI=1S/C15H24O2/c1-9-4-5-10-11-6-13(17)12(7-16)15(9,11)8-14(10,2)3/h9-12,16H,4-8H2,1-3H3/t9?,10?,11?,12-,15-/m0/s1.